The Morgan fingerprint density at radius 3 is 2.68 bits per heavy atom. The molecule has 4 aliphatic rings. The first-order valence-corrected chi connectivity index (χ1v) is 18.9. The summed E-state index contributed by atoms with van der Waals surface area (Å²) in [6, 6.07) is 14.1. The number of anilines is 1. The van der Waals surface area contributed by atoms with E-state index in [2.05, 4.69) is 55.3 Å². The quantitative estimate of drug-likeness (QED) is 0.230. The zero-order chi connectivity index (χ0) is 35.0. The Hall–Kier alpha value is -3.49. The number of hydrogen-bond donors (Lipinski definition) is 2. The maximum atomic E-state index is 13.0. The summed E-state index contributed by atoms with van der Waals surface area (Å²) >= 11 is 6.30. The van der Waals surface area contributed by atoms with E-state index in [1.54, 1.807) is 0 Å². The summed E-state index contributed by atoms with van der Waals surface area (Å²) < 4.78 is 19.4. The minimum Gasteiger partial charge on any atom is -0.493 e. The molecule has 0 bridgehead atoms. The summed E-state index contributed by atoms with van der Waals surface area (Å²) in [4.78, 5) is 19.9. The number of benzene rings is 2. The first-order chi connectivity index (χ1) is 24.1. The lowest BCUT2D eigenvalue weighted by Gasteiger charge is -2.47. The van der Waals surface area contributed by atoms with E-state index in [1.807, 2.05) is 36.5 Å². The lowest BCUT2D eigenvalue weighted by atomic mass is 9.59. The zero-order valence-corrected chi connectivity index (χ0v) is 30.7. The van der Waals surface area contributed by atoms with Crippen LogP contribution in [0.25, 0.3) is 0 Å². The number of hydrogen-bond acceptors (Lipinski definition) is 7. The first kappa shape index (κ1) is 34.9. The molecule has 2 aromatic carbocycles. The molecule has 1 spiro atoms. The highest BCUT2D eigenvalue weighted by molar-refractivity contribution is 6.30. The maximum absolute atomic E-state index is 13.0. The maximum Gasteiger partial charge on any atom is 0.329 e. The molecular weight excluding hydrogens is 650 g/mol. The fourth-order valence-corrected chi connectivity index (χ4v) is 9.51. The number of nitrogens with one attached hydrogen (secondary N) is 1. The van der Waals surface area contributed by atoms with Crippen LogP contribution in [0.1, 0.15) is 93.5 Å². The van der Waals surface area contributed by atoms with E-state index < -0.39 is 11.5 Å². The largest absolute Gasteiger partial charge is 0.493 e. The number of aryl methyl sites for hydroxylation is 1. The van der Waals surface area contributed by atoms with Gasteiger partial charge in [0.05, 0.1) is 13.2 Å². The molecular formula is C41H52ClN3O5. The summed E-state index contributed by atoms with van der Waals surface area (Å²) in [5.41, 5.74) is 4.57. The Morgan fingerprint density at radius 2 is 1.92 bits per heavy atom. The van der Waals surface area contributed by atoms with Gasteiger partial charge in [0, 0.05) is 40.6 Å². The molecule has 2 heterocycles. The van der Waals surface area contributed by atoms with Crippen LogP contribution in [0.4, 0.5) is 5.69 Å². The third-order valence-electron chi connectivity index (χ3n) is 12.2. The van der Waals surface area contributed by atoms with E-state index in [4.69, 9.17) is 25.8 Å². The van der Waals surface area contributed by atoms with Crippen molar-refractivity contribution < 1.29 is 24.1 Å². The van der Waals surface area contributed by atoms with Gasteiger partial charge >= 0.3 is 5.97 Å². The summed E-state index contributed by atoms with van der Waals surface area (Å²) in [5, 5.41) is 14.7. The standard InChI is InChI=1S/C41H52ClN3O5/c1-26(24-49-35-11-17-43-34-10-5-7-27(2)38(34)35)19-29-20-28-21-36-37(50-25-32(45(3)4)12-18-48-36)23-33(28)40(29)13-15-41(16-14-40,39(46)47)44-31-9-6-8-30(42)22-31/h6,8-9,11,17,21-23,26-27,29,32,44H,5,7,10,12-16,18-20,24-25H2,1-4H3,(H,46,47)/t26-,27-,29+,32-,40?,41?/m1/s1. The van der Waals surface area contributed by atoms with Crippen molar-refractivity contribution in [1.29, 1.82) is 0 Å². The van der Waals surface area contributed by atoms with Gasteiger partial charge in [-0.15, -0.1) is 0 Å². The fourth-order valence-electron chi connectivity index (χ4n) is 9.32. The number of pyridine rings is 1. The van der Waals surface area contributed by atoms with Gasteiger partial charge in [0.2, 0.25) is 0 Å². The number of aromatic nitrogens is 1. The van der Waals surface area contributed by atoms with Crippen molar-refractivity contribution in [3.05, 3.63) is 76.1 Å². The Bertz CT molecular complexity index is 1700. The molecule has 0 unspecified atom stereocenters. The molecule has 268 valence electrons. The van der Waals surface area contributed by atoms with E-state index in [1.165, 1.54) is 35.2 Å². The minimum atomic E-state index is -1.07. The van der Waals surface area contributed by atoms with Crippen LogP contribution < -0.4 is 19.5 Å². The number of likely N-dealkylation sites (N-methyl/N-ethyl adjacent to an activating group) is 1. The van der Waals surface area contributed by atoms with Gasteiger partial charge in [0.1, 0.15) is 17.9 Å². The molecule has 1 fully saturated rings. The molecule has 2 N–H and O–H groups in total. The average Bonchev–Trinajstić information content (AvgIpc) is 3.35. The lowest BCUT2D eigenvalue weighted by Crippen LogP contribution is -2.53. The van der Waals surface area contributed by atoms with Gasteiger partial charge in [-0.2, -0.15) is 0 Å². The van der Waals surface area contributed by atoms with E-state index in [0.29, 0.717) is 55.4 Å². The van der Waals surface area contributed by atoms with Crippen LogP contribution in [0.2, 0.25) is 5.02 Å². The molecule has 50 heavy (non-hydrogen) atoms. The molecule has 1 aromatic heterocycles. The van der Waals surface area contributed by atoms with Gasteiger partial charge in [0.15, 0.2) is 11.5 Å². The number of aliphatic carboxylic acids is 1. The smallest absolute Gasteiger partial charge is 0.329 e. The van der Waals surface area contributed by atoms with Crippen molar-refractivity contribution in [1.82, 2.24) is 9.88 Å². The van der Waals surface area contributed by atoms with E-state index in [-0.39, 0.29) is 11.5 Å². The summed E-state index contributed by atoms with van der Waals surface area (Å²) in [6.07, 6.45) is 10.6. The van der Waals surface area contributed by atoms with Gasteiger partial charge in [0.25, 0.3) is 0 Å². The third kappa shape index (κ3) is 6.78. The molecule has 8 nitrogen and oxygen atoms in total. The number of ether oxygens (including phenoxy) is 3. The Labute approximate surface area is 301 Å². The second kappa shape index (κ2) is 14.3. The number of fused-ring (bicyclic) bond motifs is 4. The van der Waals surface area contributed by atoms with Gasteiger partial charge in [-0.1, -0.05) is 31.5 Å². The summed E-state index contributed by atoms with van der Waals surface area (Å²) in [7, 11) is 4.17. The Morgan fingerprint density at radius 1 is 1.12 bits per heavy atom. The molecule has 7 rings (SSSR count). The van der Waals surface area contributed by atoms with Crippen molar-refractivity contribution in [2.45, 2.75) is 101 Å². The van der Waals surface area contributed by atoms with Gasteiger partial charge in [-0.05, 0) is 143 Å². The van der Waals surface area contributed by atoms with Crippen LogP contribution in [-0.4, -0.2) is 66.5 Å². The monoisotopic (exact) mass is 701 g/mol. The number of halogens is 1. The first-order valence-electron chi connectivity index (χ1n) is 18.5. The van der Waals surface area contributed by atoms with Crippen molar-refractivity contribution >= 4 is 23.3 Å². The highest BCUT2D eigenvalue weighted by Gasteiger charge is 2.54. The molecule has 1 aliphatic heterocycles. The SMILES string of the molecule is C[C@@H](COc1ccnc2c1[C@H](C)CCC2)C[C@H]1Cc2cc3c(cc2C12CCC(Nc1cccc(Cl)c1)(C(=O)O)CC2)OC[C@H](N(C)C)CCO3. The average molecular weight is 702 g/mol. The van der Waals surface area contributed by atoms with Crippen molar-refractivity contribution in [2.75, 3.05) is 39.2 Å². The summed E-state index contributed by atoms with van der Waals surface area (Å²) in [6.45, 7) is 6.47. The van der Waals surface area contributed by atoms with Gasteiger partial charge < -0.3 is 29.5 Å². The summed E-state index contributed by atoms with van der Waals surface area (Å²) in [5.74, 6) is 2.89. The number of rotatable bonds is 9. The predicted molar refractivity (Wildman–Crippen MR) is 197 cm³/mol. The Balaban J connectivity index is 1.16. The molecule has 0 amide bonds. The second-order valence-corrected chi connectivity index (χ2v) is 16.2. The second-order valence-electron chi connectivity index (χ2n) is 15.7. The lowest BCUT2D eigenvalue weighted by molar-refractivity contribution is -0.144. The van der Waals surface area contributed by atoms with Crippen LogP contribution in [-0.2, 0) is 23.1 Å². The normalized spacial score (nSPS) is 27.9. The number of carboxylic acid groups (broad SMARTS) is 1. The number of carbonyl (C=O) groups is 1. The number of carboxylic acids is 1. The molecule has 4 atom stereocenters. The zero-order valence-electron chi connectivity index (χ0n) is 30.0. The predicted octanol–water partition coefficient (Wildman–Crippen LogP) is 8.29. The highest BCUT2D eigenvalue weighted by atomic mass is 35.5. The van der Waals surface area contributed by atoms with E-state index in [0.717, 1.165) is 61.5 Å². The molecule has 1 saturated carbocycles. The van der Waals surface area contributed by atoms with Crippen LogP contribution in [0.3, 0.4) is 0 Å². The minimum absolute atomic E-state index is 0.176. The molecule has 0 radical (unpaired) electrons. The third-order valence-corrected chi connectivity index (χ3v) is 12.5. The van der Waals surface area contributed by atoms with E-state index >= 15 is 0 Å². The van der Waals surface area contributed by atoms with E-state index in [9.17, 15) is 9.90 Å². The fraction of sp³-hybridized carbons (Fsp3) is 0.561. The van der Waals surface area contributed by atoms with Gasteiger partial charge in [-0.25, -0.2) is 4.79 Å². The molecule has 3 aromatic rings. The molecule has 9 heteroatoms. The van der Waals surface area contributed by atoms with Crippen LogP contribution in [0.15, 0.2) is 48.7 Å². The molecule has 3 aliphatic carbocycles. The van der Waals surface area contributed by atoms with Crippen LogP contribution in [0.5, 0.6) is 17.2 Å². The topological polar surface area (TPSA) is 93.2 Å². The molecule has 0 saturated heterocycles. The van der Waals surface area contributed by atoms with Crippen molar-refractivity contribution in [3.8, 4) is 17.2 Å². The van der Waals surface area contributed by atoms with Crippen LogP contribution in [0, 0.1) is 11.8 Å². The number of nitrogens with zero attached hydrogens (tertiary/aromatic N) is 2. The van der Waals surface area contributed by atoms with Crippen molar-refractivity contribution in [2.24, 2.45) is 11.8 Å². The van der Waals surface area contributed by atoms with Gasteiger partial charge in [-0.3, -0.25) is 4.98 Å². The Kier molecular flexibility index (Phi) is 9.97. The van der Waals surface area contributed by atoms with Crippen molar-refractivity contribution in [3.63, 3.8) is 0 Å². The van der Waals surface area contributed by atoms with Crippen LogP contribution >= 0.6 is 11.6 Å². The highest BCUT2D eigenvalue weighted by Crippen LogP contribution is 2.58.